The third kappa shape index (κ3) is 3.58. The number of nitrogens with zero attached hydrogens (tertiary/aromatic N) is 4. The summed E-state index contributed by atoms with van der Waals surface area (Å²) >= 11 is 0. The Morgan fingerprint density at radius 3 is 2.61 bits per heavy atom. The Hall–Kier alpha value is -2.96. The van der Waals surface area contributed by atoms with Gasteiger partial charge >= 0.3 is 0 Å². The second-order valence-corrected chi connectivity index (χ2v) is 9.78. The molecule has 3 heterocycles. The number of carbonyl (C=O) groups excluding carboxylic acids is 3. The number of piperidine rings is 1. The average molecular weight is 451 g/mol. The average Bonchev–Trinajstić information content (AvgIpc) is 3.15. The highest BCUT2D eigenvalue weighted by molar-refractivity contribution is 5.94. The fraction of sp³-hybridized carbons (Fsp3) is 0.583. The van der Waals surface area contributed by atoms with Gasteiger partial charge in [0.05, 0.1) is 24.2 Å². The van der Waals surface area contributed by atoms with E-state index in [9.17, 15) is 19.6 Å². The van der Waals surface area contributed by atoms with Crippen LogP contribution in [0.4, 0.5) is 0 Å². The van der Waals surface area contributed by atoms with Gasteiger partial charge in [0.25, 0.3) is 5.91 Å². The lowest BCUT2D eigenvalue weighted by Crippen LogP contribution is -2.57. The number of hydrogen-bond donors (Lipinski definition) is 2. The summed E-state index contributed by atoms with van der Waals surface area (Å²) in [6, 6.07) is 8.38. The molecule has 9 heteroatoms. The van der Waals surface area contributed by atoms with Gasteiger partial charge in [-0.05, 0) is 49.8 Å². The first-order chi connectivity index (χ1) is 15.8. The number of nitrogens with two attached hydrogens (primary N) is 1. The third-order valence-corrected chi connectivity index (χ3v) is 7.87. The van der Waals surface area contributed by atoms with Crippen molar-refractivity contribution in [2.24, 2.45) is 11.7 Å². The summed E-state index contributed by atoms with van der Waals surface area (Å²) < 4.78 is 0. The number of nitriles is 1. The van der Waals surface area contributed by atoms with Gasteiger partial charge in [-0.1, -0.05) is 12.1 Å². The normalized spacial score (nSPS) is 31.8. The molecule has 1 saturated carbocycles. The predicted molar refractivity (Wildman–Crippen MR) is 120 cm³/mol. The first kappa shape index (κ1) is 21.9. The van der Waals surface area contributed by atoms with E-state index in [4.69, 9.17) is 5.73 Å². The first-order valence-corrected chi connectivity index (χ1v) is 11.7. The lowest BCUT2D eigenvalue weighted by atomic mass is 10.0. The third-order valence-electron chi connectivity index (χ3n) is 7.87. The molecule has 4 fully saturated rings. The van der Waals surface area contributed by atoms with Crippen LogP contribution in [0, 0.1) is 17.2 Å². The summed E-state index contributed by atoms with van der Waals surface area (Å²) in [5.74, 6) is 0.213. The van der Waals surface area contributed by atoms with Crippen LogP contribution in [0.25, 0.3) is 0 Å². The summed E-state index contributed by atoms with van der Waals surface area (Å²) in [5, 5.41) is 12.0. The molecule has 0 radical (unpaired) electrons. The molecule has 3 saturated heterocycles. The van der Waals surface area contributed by atoms with Crippen LogP contribution in [0.2, 0.25) is 0 Å². The van der Waals surface area contributed by atoms with Crippen molar-refractivity contribution in [3.8, 4) is 6.07 Å². The number of amides is 3. The molecular weight excluding hydrogens is 420 g/mol. The Kier molecular flexibility index (Phi) is 5.38. The van der Waals surface area contributed by atoms with Crippen molar-refractivity contribution in [2.45, 2.75) is 62.4 Å². The van der Waals surface area contributed by atoms with Gasteiger partial charge in [-0.2, -0.15) is 5.26 Å². The minimum Gasteiger partial charge on any atom is -0.355 e. The lowest BCUT2D eigenvalue weighted by Gasteiger charge is -2.38. The molecule has 9 nitrogen and oxygen atoms in total. The Labute approximate surface area is 193 Å². The van der Waals surface area contributed by atoms with Crippen molar-refractivity contribution >= 4 is 17.7 Å². The van der Waals surface area contributed by atoms with E-state index < -0.39 is 6.04 Å². The summed E-state index contributed by atoms with van der Waals surface area (Å²) in [5.41, 5.74) is 7.86. The zero-order valence-electron chi connectivity index (χ0n) is 19.0. The Balaban J connectivity index is 1.21. The van der Waals surface area contributed by atoms with E-state index in [0.717, 1.165) is 24.8 Å². The quantitative estimate of drug-likeness (QED) is 0.640. The molecule has 0 aromatic heterocycles. The number of carbonyl (C=O) groups is 3. The van der Waals surface area contributed by atoms with Gasteiger partial charge < -0.3 is 20.9 Å². The summed E-state index contributed by atoms with van der Waals surface area (Å²) in [6.45, 7) is 3.03. The largest absolute Gasteiger partial charge is 0.355 e. The van der Waals surface area contributed by atoms with Crippen molar-refractivity contribution in [2.75, 3.05) is 20.1 Å². The van der Waals surface area contributed by atoms with E-state index in [1.54, 1.807) is 24.1 Å². The molecule has 2 bridgehead atoms. The molecule has 1 aromatic carbocycles. The van der Waals surface area contributed by atoms with E-state index in [2.05, 4.69) is 11.4 Å². The van der Waals surface area contributed by atoms with Crippen molar-refractivity contribution in [1.82, 2.24) is 20.0 Å². The van der Waals surface area contributed by atoms with Crippen LogP contribution in [0.5, 0.6) is 0 Å². The summed E-state index contributed by atoms with van der Waals surface area (Å²) in [4.78, 5) is 43.7. The smallest absolute Gasteiger partial charge is 0.251 e. The molecule has 0 spiro atoms. The number of nitrogens with one attached hydrogen (secondary N) is 1. The van der Waals surface area contributed by atoms with Gasteiger partial charge in [-0.3, -0.25) is 19.3 Å². The fourth-order valence-corrected chi connectivity index (χ4v) is 6.03. The molecule has 1 aromatic rings. The second kappa shape index (κ2) is 8.12. The first-order valence-electron chi connectivity index (χ1n) is 11.7. The highest BCUT2D eigenvalue weighted by Gasteiger charge is 2.56. The van der Waals surface area contributed by atoms with Crippen LogP contribution >= 0.6 is 0 Å². The Morgan fingerprint density at radius 1 is 1.24 bits per heavy atom. The molecular formula is C24H30N6O3. The van der Waals surface area contributed by atoms with E-state index in [1.165, 1.54) is 0 Å². The maximum atomic E-state index is 13.2. The number of rotatable bonds is 6. The highest BCUT2D eigenvalue weighted by Crippen LogP contribution is 2.48. The molecule has 33 heavy (non-hydrogen) atoms. The Bertz CT molecular complexity index is 1020. The minimum atomic E-state index is -0.726. The summed E-state index contributed by atoms with van der Waals surface area (Å²) in [7, 11) is 1.60. The molecule has 3 aliphatic heterocycles. The number of fused-ring (bicyclic) bond motifs is 3. The molecule has 5 rings (SSSR count). The van der Waals surface area contributed by atoms with Crippen LogP contribution in [-0.2, 0) is 9.59 Å². The molecule has 3 N–H and O–H groups in total. The number of benzene rings is 1. The van der Waals surface area contributed by atoms with E-state index in [1.807, 2.05) is 28.9 Å². The molecule has 1 aliphatic carbocycles. The second-order valence-electron chi connectivity index (χ2n) is 9.78. The number of piperazine rings is 1. The highest BCUT2D eigenvalue weighted by atomic mass is 16.2. The monoisotopic (exact) mass is 450 g/mol. The maximum Gasteiger partial charge on any atom is 0.251 e. The standard InChI is InChI=1S/C24H30N6O3/c1-13(14-3-5-15(6-4-14)22(31)27-2)29-18-9-21(24(29)33)28(11-18)12-19(26)23(32)30-17(10-25)7-16-8-20(16)30/h3-6,13,16-21H,7-9,11-12,26H2,1-2H3,(H,27,31)/t13-,16-,17+,18?,19+,20+,21-/m1/s1. The molecule has 174 valence electrons. The number of hydrogen-bond acceptors (Lipinski definition) is 6. The van der Waals surface area contributed by atoms with Crippen LogP contribution in [0.1, 0.15) is 48.1 Å². The lowest BCUT2D eigenvalue weighted by molar-refractivity contribution is -0.141. The van der Waals surface area contributed by atoms with Crippen LogP contribution in [0.3, 0.4) is 0 Å². The maximum absolute atomic E-state index is 13.2. The topological polar surface area (TPSA) is 123 Å². The van der Waals surface area contributed by atoms with E-state index in [0.29, 0.717) is 24.6 Å². The van der Waals surface area contributed by atoms with Gasteiger partial charge in [-0.15, -0.1) is 0 Å². The minimum absolute atomic E-state index is 0.0621. The van der Waals surface area contributed by atoms with Crippen LogP contribution in [0.15, 0.2) is 24.3 Å². The van der Waals surface area contributed by atoms with Gasteiger partial charge in [0, 0.05) is 37.8 Å². The zero-order chi connectivity index (χ0) is 23.4. The van der Waals surface area contributed by atoms with Crippen molar-refractivity contribution in [3.05, 3.63) is 35.4 Å². The van der Waals surface area contributed by atoms with Gasteiger partial charge in [0.2, 0.25) is 11.8 Å². The SMILES string of the molecule is CNC(=O)c1ccc([C@@H](C)N2C(=O)[C@H]3CC2CN3C[C@H](N)C(=O)N2[C@H](C#N)C[C@@H]3C[C@@H]32)cc1. The Morgan fingerprint density at radius 2 is 1.97 bits per heavy atom. The van der Waals surface area contributed by atoms with Gasteiger partial charge in [0.15, 0.2) is 0 Å². The molecule has 1 unspecified atom stereocenters. The summed E-state index contributed by atoms with van der Waals surface area (Å²) in [6.07, 6.45) is 2.46. The van der Waals surface area contributed by atoms with Crippen molar-refractivity contribution in [3.63, 3.8) is 0 Å². The predicted octanol–water partition coefficient (Wildman–Crippen LogP) is 0.233. The van der Waals surface area contributed by atoms with Crippen molar-refractivity contribution in [1.29, 1.82) is 5.26 Å². The van der Waals surface area contributed by atoms with Crippen LogP contribution in [-0.4, -0.2) is 82.8 Å². The van der Waals surface area contributed by atoms with Gasteiger partial charge in [-0.25, -0.2) is 0 Å². The zero-order valence-corrected chi connectivity index (χ0v) is 19.0. The fourth-order valence-electron chi connectivity index (χ4n) is 6.03. The van der Waals surface area contributed by atoms with Crippen molar-refractivity contribution < 1.29 is 14.4 Å². The number of likely N-dealkylation sites (tertiary alicyclic amines) is 3. The molecule has 4 aliphatic rings. The van der Waals surface area contributed by atoms with E-state index in [-0.39, 0.29) is 47.9 Å². The molecule has 3 amide bonds. The molecule has 7 atom stereocenters. The van der Waals surface area contributed by atoms with Gasteiger partial charge in [0.1, 0.15) is 6.04 Å². The van der Waals surface area contributed by atoms with E-state index >= 15 is 0 Å². The van der Waals surface area contributed by atoms with Crippen LogP contribution < -0.4 is 11.1 Å².